The predicted molar refractivity (Wildman–Crippen MR) is 136 cm³/mol. The van der Waals surface area contributed by atoms with E-state index in [1.165, 1.54) is 43.4 Å². The molecular weight excluding hydrogens is 526 g/mol. The van der Waals surface area contributed by atoms with Crippen molar-refractivity contribution in [1.82, 2.24) is 19.1 Å². The summed E-state index contributed by atoms with van der Waals surface area (Å²) in [5.74, 6) is 0. The molecular formula is C26H26N4Se2. The summed E-state index contributed by atoms with van der Waals surface area (Å²) in [6.07, 6.45) is 6.34. The van der Waals surface area contributed by atoms with E-state index >= 15 is 0 Å². The molecule has 32 heavy (non-hydrogen) atoms. The molecule has 0 unspecified atom stereocenters. The second kappa shape index (κ2) is 10.5. The molecule has 0 N–H and O–H groups in total. The fraction of sp³-hybridized carbons (Fsp3) is 0.231. The number of benzene rings is 3. The van der Waals surface area contributed by atoms with Gasteiger partial charge in [-0.3, -0.25) is 0 Å². The molecule has 3 aromatic carbocycles. The second-order valence-electron chi connectivity index (χ2n) is 7.74. The molecule has 0 amide bonds. The van der Waals surface area contributed by atoms with Gasteiger partial charge in [-0.2, -0.15) is 0 Å². The standard InChI is InChI=1S/C26H26N4Se2/c1-3-9-21(10-4-1)31-15-7-13-29-19-27-23-18-26-24(17-25(23)29)28-20-30(26)14-8-16-32-22-11-5-2-6-12-22/h1-6,9-12,17-20H,7-8,13-16H2. The van der Waals surface area contributed by atoms with E-state index in [0.29, 0.717) is 29.9 Å². The molecule has 0 fully saturated rings. The van der Waals surface area contributed by atoms with E-state index in [-0.39, 0.29) is 0 Å². The molecule has 0 bridgehead atoms. The number of hydrogen-bond donors (Lipinski definition) is 0. The molecule has 5 aromatic rings. The monoisotopic (exact) mass is 554 g/mol. The van der Waals surface area contributed by atoms with Gasteiger partial charge in [0.2, 0.25) is 0 Å². The third kappa shape index (κ3) is 5.16. The van der Waals surface area contributed by atoms with Gasteiger partial charge in [0.05, 0.1) is 0 Å². The Labute approximate surface area is 201 Å². The zero-order valence-corrected chi connectivity index (χ0v) is 21.4. The molecule has 0 spiro atoms. The van der Waals surface area contributed by atoms with Gasteiger partial charge in [-0.15, -0.1) is 0 Å². The number of rotatable bonds is 10. The van der Waals surface area contributed by atoms with Gasteiger partial charge >= 0.3 is 202 Å². The summed E-state index contributed by atoms with van der Waals surface area (Å²) in [6, 6.07) is 26.1. The minimum absolute atomic E-state index is 0.547. The van der Waals surface area contributed by atoms with E-state index < -0.39 is 0 Å². The number of fused-ring (bicyclic) bond motifs is 2. The summed E-state index contributed by atoms with van der Waals surface area (Å²) in [4.78, 5) is 9.39. The van der Waals surface area contributed by atoms with Gasteiger partial charge in [-0.25, -0.2) is 0 Å². The van der Waals surface area contributed by atoms with Crippen molar-refractivity contribution in [3.63, 3.8) is 0 Å². The first kappa shape index (κ1) is 21.5. The Morgan fingerprint density at radius 1 is 0.594 bits per heavy atom. The Hall–Kier alpha value is -2.36. The van der Waals surface area contributed by atoms with Crippen LogP contribution in [0.1, 0.15) is 12.8 Å². The van der Waals surface area contributed by atoms with Crippen molar-refractivity contribution in [2.45, 2.75) is 36.6 Å². The Morgan fingerprint density at radius 2 is 1.03 bits per heavy atom. The Bertz CT molecular complexity index is 1180. The fourth-order valence-electron chi connectivity index (χ4n) is 3.85. The van der Waals surface area contributed by atoms with Crippen molar-refractivity contribution in [3.8, 4) is 0 Å². The first-order chi connectivity index (χ1) is 15.9. The van der Waals surface area contributed by atoms with Crippen LogP contribution in [0.15, 0.2) is 85.5 Å². The summed E-state index contributed by atoms with van der Waals surface area (Å²) in [5, 5.41) is 2.50. The number of nitrogens with zero attached hydrogens (tertiary/aromatic N) is 4. The van der Waals surface area contributed by atoms with Crippen LogP contribution >= 0.6 is 0 Å². The van der Waals surface area contributed by atoms with Gasteiger partial charge < -0.3 is 0 Å². The maximum absolute atomic E-state index is 4.69. The number of aryl methyl sites for hydroxylation is 2. The SMILES string of the molecule is c1ccc([Se]CCCn2cnc3cc4c(cc32)ncn4CCC[Se]c2ccccc2)cc1. The Kier molecular flexibility index (Phi) is 7.05. The Morgan fingerprint density at radius 3 is 1.47 bits per heavy atom. The van der Waals surface area contributed by atoms with Crippen LogP contribution in [0.5, 0.6) is 0 Å². The first-order valence-corrected chi connectivity index (χ1v) is 15.2. The van der Waals surface area contributed by atoms with E-state index in [1.54, 1.807) is 0 Å². The summed E-state index contributed by atoms with van der Waals surface area (Å²) < 4.78 is 7.54. The quantitative estimate of drug-likeness (QED) is 0.194. The molecule has 5 rings (SSSR count). The zero-order chi connectivity index (χ0) is 21.6. The third-order valence-electron chi connectivity index (χ3n) is 5.47. The van der Waals surface area contributed by atoms with E-state index in [1.807, 2.05) is 12.7 Å². The number of aromatic nitrogens is 4. The topological polar surface area (TPSA) is 35.6 Å². The number of imidazole rings is 2. The van der Waals surface area contributed by atoms with Gasteiger partial charge in [0.1, 0.15) is 0 Å². The molecule has 0 radical (unpaired) electrons. The fourth-order valence-corrected chi connectivity index (χ4v) is 7.45. The van der Waals surface area contributed by atoms with Gasteiger partial charge in [-0.05, 0) is 0 Å². The molecule has 0 saturated heterocycles. The van der Waals surface area contributed by atoms with Crippen LogP contribution in [-0.2, 0) is 13.1 Å². The molecule has 4 nitrogen and oxygen atoms in total. The molecule has 0 aliphatic rings. The van der Waals surface area contributed by atoms with Crippen molar-refractivity contribution in [3.05, 3.63) is 85.5 Å². The van der Waals surface area contributed by atoms with Crippen molar-refractivity contribution < 1.29 is 0 Å². The predicted octanol–water partition coefficient (Wildman–Crippen LogP) is 4.06. The van der Waals surface area contributed by atoms with Crippen LogP contribution in [0.4, 0.5) is 0 Å². The average Bonchev–Trinajstić information content (AvgIpc) is 3.43. The molecule has 162 valence electrons. The summed E-state index contributed by atoms with van der Waals surface area (Å²) in [5.41, 5.74) is 4.53. The van der Waals surface area contributed by atoms with Crippen LogP contribution in [0.3, 0.4) is 0 Å². The van der Waals surface area contributed by atoms with Gasteiger partial charge in [0, 0.05) is 0 Å². The Balaban J connectivity index is 1.19. The van der Waals surface area contributed by atoms with Crippen LogP contribution in [0.2, 0.25) is 10.6 Å². The maximum atomic E-state index is 4.69. The summed E-state index contributed by atoms with van der Waals surface area (Å²) in [6.45, 7) is 2.03. The first-order valence-electron chi connectivity index (χ1n) is 11.0. The van der Waals surface area contributed by atoms with Gasteiger partial charge in [-0.1, -0.05) is 0 Å². The number of hydrogen-bond acceptors (Lipinski definition) is 2. The van der Waals surface area contributed by atoms with Gasteiger partial charge in [0.15, 0.2) is 0 Å². The van der Waals surface area contributed by atoms with E-state index in [4.69, 9.17) is 9.97 Å². The van der Waals surface area contributed by atoms with Crippen LogP contribution in [0, 0.1) is 0 Å². The third-order valence-corrected chi connectivity index (χ3v) is 10.1. The van der Waals surface area contributed by atoms with Crippen LogP contribution in [-0.4, -0.2) is 49.0 Å². The molecule has 2 aromatic heterocycles. The second-order valence-corrected chi connectivity index (χ2v) is 12.6. The molecule has 0 atom stereocenters. The normalized spacial score (nSPS) is 11.5. The van der Waals surface area contributed by atoms with Gasteiger partial charge in [0.25, 0.3) is 0 Å². The summed E-state index contributed by atoms with van der Waals surface area (Å²) in [7, 11) is 0. The van der Waals surface area contributed by atoms with Crippen LogP contribution in [0.25, 0.3) is 22.1 Å². The molecule has 6 heteroatoms. The van der Waals surface area contributed by atoms with E-state index in [0.717, 1.165) is 24.1 Å². The van der Waals surface area contributed by atoms with Crippen LogP contribution < -0.4 is 8.92 Å². The van der Waals surface area contributed by atoms with Crippen molar-refractivity contribution in [2.75, 3.05) is 0 Å². The van der Waals surface area contributed by atoms with Crippen molar-refractivity contribution >= 4 is 60.9 Å². The van der Waals surface area contributed by atoms with E-state index in [9.17, 15) is 0 Å². The molecule has 2 heterocycles. The zero-order valence-electron chi connectivity index (χ0n) is 17.9. The average molecular weight is 552 g/mol. The molecule has 0 aliphatic heterocycles. The molecule has 0 saturated carbocycles. The summed E-state index contributed by atoms with van der Waals surface area (Å²) >= 11 is 1.09. The minimum atomic E-state index is 0.547. The van der Waals surface area contributed by atoms with Crippen molar-refractivity contribution in [2.24, 2.45) is 0 Å². The van der Waals surface area contributed by atoms with Crippen molar-refractivity contribution in [1.29, 1.82) is 0 Å². The molecule has 0 aliphatic carbocycles. The van der Waals surface area contributed by atoms with E-state index in [2.05, 4.69) is 81.9 Å².